The van der Waals surface area contributed by atoms with Crippen LogP contribution in [0.5, 0.6) is 0 Å². The largest absolute Gasteiger partial charge is 0.342 e. The first-order chi connectivity index (χ1) is 13.5. The van der Waals surface area contributed by atoms with Gasteiger partial charge in [-0.25, -0.2) is 4.39 Å². The van der Waals surface area contributed by atoms with Gasteiger partial charge in [0.05, 0.1) is 18.4 Å². The maximum atomic E-state index is 13.2. The number of halogens is 1. The van der Waals surface area contributed by atoms with E-state index in [1.165, 1.54) is 22.6 Å². The van der Waals surface area contributed by atoms with E-state index in [1.54, 1.807) is 28.4 Å². The second kappa shape index (κ2) is 8.03. The van der Waals surface area contributed by atoms with Gasteiger partial charge in [0.2, 0.25) is 11.8 Å². The average molecular weight is 401 g/mol. The van der Waals surface area contributed by atoms with E-state index >= 15 is 0 Å². The summed E-state index contributed by atoms with van der Waals surface area (Å²) in [6.07, 6.45) is 2.85. The number of rotatable bonds is 3. The normalized spacial score (nSPS) is 22.1. The molecule has 6 heteroatoms. The third-order valence-corrected chi connectivity index (χ3v) is 6.95. The molecular weight excluding hydrogens is 375 g/mol. The average Bonchev–Trinajstić information content (AvgIpc) is 3.19. The highest BCUT2D eigenvalue weighted by Gasteiger charge is 2.35. The summed E-state index contributed by atoms with van der Waals surface area (Å²) in [6, 6.07) is 8.28. The monoisotopic (exact) mass is 400 g/mol. The number of likely N-dealkylation sites (tertiary alicyclic amines) is 1. The SMILES string of the molecule is CC1c2ccsc2CCN1C(=O)C1CCCN(C(=O)Cc2ccc(F)cc2)C1. The zero-order valence-electron chi connectivity index (χ0n) is 16.1. The lowest BCUT2D eigenvalue weighted by molar-refractivity contribution is -0.142. The van der Waals surface area contributed by atoms with Crippen LogP contribution in [-0.2, 0) is 22.4 Å². The predicted molar refractivity (Wildman–Crippen MR) is 108 cm³/mol. The van der Waals surface area contributed by atoms with Crippen LogP contribution in [0.2, 0.25) is 0 Å². The fourth-order valence-electron chi connectivity index (χ4n) is 4.34. The third-order valence-electron chi connectivity index (χ3n) is 5.95. The molecule has 0 saturated carbocycles. The molecule has 4 rings (SSSR count). The van der Waals surface area contributed by atoms with Crippen molar-refractivity contribution < 1.29 is 14.0 Å². The summed E-state index contributed by atoms with van der Waals surface area (Å²) in [4.78, 5) is 31.1. The smallest absolute Gasteiger partial charge is 0.227 e. The second-order valence-electron chi connectivity index (χ2n) is 7.74. The molecule has 0 N–H and O–H groups in total. The van der Waals surface area contributed by atoms with Crippen molar-refractivity contribution in [3.63, 3.8) is 0 Å². The Balaban J connectivity index is 1.40. The van der Waals surface area contributed by atoms with Crippen LogP contribution in [0.25, 0.3) is 0 Å². The lowest BCUT2D eigenvalue weighted by Crippen LogP contribution is -2.48. The van der Waals surface area contributed by atoms with Gasteiger partial charge in [-0.1, -0.05) is 12.1 Å². The minimum Gasteiger partial charge on any atom is -0.342 e. The van der Waals surface area contributed by atoms with E-state index in [1.807, 2.05) is 4.90 Å². The van der Waals surface area contributed by atoms with Crippen molar-refractivity contribution in [1.82, 2.24) is 9.80 Å². The maximum Gasteiger partial charge on any atom is 0.227 e. The number of hydrogen-bond donors (Lipinski definition) is 0. The van der Waals surface area contributed by atoms with Crippen molar-refractivity contribution in [3.05, 3.63) is 57.5 Å². The Bertz CT molecular complexity index is 864. The molecule has 3 heterocycles. The van der Waals surface area contributed by atoms with Crippen molar-refractivity contribution in [2.75, 3.05) is 19.6 Å². The molecule has 2 unspecified atom stereocenters. The van der Waals surface area contributed by atoms with Crippen LogP contribution in [-0.4, -0.2) is 41.2 Å². The molecule has 2 aromatic rings. The molecule has 0 aliphatic carbocycles. The lowest BCUT2D eigenvalue weighted by Gasteiger charge is -2.39. The number of piperidine rings is 1. The van der Waals surface area contributed by atoms with E-state index in [9.17, 15) is 14.0 Å². The highest BCUT2D eigenvalue weighted by Crippen LogP contribution is 2.34. The lowest BCUT2D eigenvalue weighted by atomic mass is 9.93. The summed E-state index contributed by atoms with van der Waals surface area (Å²) in [5.41, 5.74) is 2.07. The molecule has 2 aliphatic heterocycles. The zero-order valence-corrected chi connectivity index (χ0v) is 16.9. The van der Waals surface area contributed by atoms with Crippen molar-refractivity contribution in [2.45, 2.75) is 38.6 Å². The quantitative estimate of drug-likeness (QED) is 0.786. The number of carbonyl (C=O) groups is 2. The molecule has 2 atom stereocenters. The Morgan fingerprint density at radius 2 is 1.96 bits per heavy atom. The zero-order chi connectivity index (χ0) is 19.7. The van der Waals surface area contributed by atoms with Crippen LogP contribution >= 0.6 is 11.3 Å². The molecule has 0 radical (unpaired) electrons. The van der Waals surface area contributed by atoms with Gasteiger partial charge in [0.1, 0.15) is 5.82 Å². The Kier molecular flexibility index (Phi) is 5.49. The molecule has 2 aliphatic rings. The molecular formula is C22H25FN2O2S. The number of nitrogens with zero attached hydrogens (tertiary/aromatic N) is 2. The molecule has 4 nitrogen and oxygen atoms in total. The van der Waals surface area contributed by atoms with E-state index < -0.39 is 0 Å². The molecule has 0 bridgehead atoms. The minimum absolute atomic E-state index is 0.0101. The molecule has 1 aromatic heterocycles. The summed E-state index contributed by atoms with van der Waals surface area (Å²) in [6.45, 7) is 4.03. The van der Waals surface area contributed by atoms with Crippen LogP contribution in [0.1, 0.15) is 41.8 Å². The first-order valence-corrected chi connectivity index (χ1v) is 10.8. The van der Waals surface area contributed by atoms with Gasteiger partial charge in [0.25, 0.3) is 0 Å². The van der Waals surface area contributed by atoms with Gasteiger partial charge in [-0.2, -0.15) is 0 Å². The number of amides is 2. The summed E-state index contributed by atoms with van der Waals surface area (Å²) in [7, 11) is 0. The van der Waals surface area contributed by atoms with Crippen LogP contribution in [0.4, 0.5) is 4.39 Å². The van der Waals surface area contributed by atoms with Gasteiger partial charge in [-0.15, -0.1) is 11.3 Å². The van der Waals surface area contributed by atoms with Gasteiger partial charge in [0, 0.05) is 24.5 Å². The highest BCUT2D eigenvalue weighted by atomic mass is 32.1. The van der Waals surface area contributed by atoms with Crippen molar-refractivity contribution in [1.29, 1.82) is 0 Å². The molecule has 1 aromatic carbocycles. The highest BCUT2D eigenvalue weighted by molar-refractivity contribution is 7.10. The number of carbonyl (C=O) groups excluding carboxylic acids is 2. The summed E-state index contributed by atoms with van der Waals surface area (Å²) in [5, 5.41) is 2.10. The van der Waals surface area contributed by atoms with Gasteiger partial charge in [-0.3, -0.25) is 9.59 Å². The van der Waals surface area contributed by atoms with Crippen molar-refractivity contribution >= 4 is 23.2 Å². The van der Waals surface area contributed by atoms with E-state index in [4.69, 9.17) is 0 Å². The maximum absolute atomic E-state index is 13.2. The first kappa shape index (κ1) is 19.1. The second-order valence-corrected chi connectivity index (χ2v) is 8.74. The van der Waals surface area contributed by atoms with E-state index in [0.717, 1.165) is 31.4 Å². The summed E-state index contributed by atoms with van der Waals surface area (Å²) >= 11 is 1.77. The van der Waals surface area contributed by atoms with Crippen molar-refractivity contribution in [3.8, 4) is 0 Å². The molecule has 1 fully saturated rings. The van der Waals surface area contributed by atoms with Gasteiger partial charge in [-0.05, 0) is 60.9 Å². The van der Waals surface area contributed by atoms with Crippen LogP contribution in [0, 0.1) is 11.7 Å². The standard InChI is InChI=1S/C22H25FN2O2S/c1-15-19-9-12-28-20(19)8-11-25(15)22(27)17-3-2-10-24(14-17)21(26)13-16-4-6-18(23)7-5-16/h4-7,9,12,15,17H,2-3,8,10-11,13-14H2,1H3. The Labute approximate surface area is 169 Å². The van der Waals surface area contributed by atoms with Crippen LogP contribution in [0.15, 0.2) is 35.7 Å². The fraction of sp³-hybridized carbons (Fsp3) is 0.455. The van der Waals surface area contributed by atoms with Gasteiger partial charge in [0.15, 0.2) is 0 Å². The Morgan fingerprint density at radius 1 is 1.18 bits per heavy atom. The van der Waals surface area contributed by atoms with Gasteiger partial charge < -0.3 is 9.80 Å². The molecule has 0 spiro atoms. The molecule has 1 saturated heterocycles. The van der Waals surface area contributed by atoms with Crippen LogP contribution in [0.3, 0.4) is 0 Å². The van der Waals surface area contributed by atoms with Crippen LogP contribution < -0.4 is 0 Å². The van der Waals surface area contributed by atoms with E-state index in [-0.39, 0.29) is 36.0 Å². The predicted octanol–water partition coefficient (Wildman–Crippen LogP) is 3.81. The molecule has 2 amide bonds. The first-order valence-electron chi connectivity index (χ1n) is 9.92. The van der Waals surface area contributed by atoms with E-state index in [2.05, 4.69) is 18.4 Å². The summed E-state index contributed by atoms with van der Waals surface area (Å²) < 4.78 is 13.1. The molecule has 28 heavy (non-hydrogen) atoms. The van der Waals surface area contributed by atoms with Crippen molar-refractivity contribution in [2.24, 2.45) is 5.92 Å². The van der Waals surface area contributed by atoms with Gasteiger partial charge >= 0.3 is 0 Å². The topological polar surface area (TPSA) is 40.6 Å². The van der Waals surface area contributed by atoms with E-state index in [0.29, 0.717) is 13.1 Å². The fourth-order valence-corrected chi connectivity index (χ4v) is 5.30. The number of hydrogen-bond acceptors (Lipinski definition) is 3. The molecule has 148 valence electrons. The minimum atomic E-state index is -0.302. The Hall–Kier alpha value is -2.21. The number of thiophene rings is 1. The summed E-state index contributed by atoms with van der Waals surface area (Å²) in [5.74, 6) is -0.252. The Morgan fingerprint density at radius 3 is 2.75 bits per heavy atom. The number of benzene rings is 1. The number of fused-ring (bicyclic) bond motifs is 1. The third kappa shape index (κ3) is 3.83.